The molecule has 1 saturated carbocycles. The summed E-state index contributed by atoms with van der Waals surface area (Å²) in [5.74, 6) is 0.619. The molecule has 0 unspecified atom stereocenters. The van der Waals surface area contributed by atoms with E-state index in [0.717, 1.165) is 48.7 Å². The first-order valence-electron chi connectivity index (χ1n) is 10.7. The molecule has 2 aromatic rings. The lowest BCUT2D eigenvalue weighted by atomic mass is 9.83. The second-order valence-electron chi connectivity index (χ2n) is 8.48. The van der Waals surface area contributed by atoms with E-state index in [4.69, 9.17) is 4.74 Å². The van der Waals surface area contributed by atoms with Gasteiger partial charge in [-0.25, -0.2) is 18.1 Å². The minimum absolute atomic E-state index is 0.00794. The standard InChI is InChI=1S/C22H31N3O3S2/c1-16-23-14-22(29-16)25-13-12-20(24-30(2,26)27)21(25)15-28-19-10-8-18(9-11-19)17-6-4-3-5-7-17/h3-7,14,18-21,24H,8-13,15H2,1-2H3/t18-,19+,20-,21-/m0/s1. The van der Waals surface area contributed by atoms with E-state index in [1.807, 2.05) is 13.1 Å². The van der Waals surface area contributed by atoms with Crippen LogP contribution in [-0.2, 0) is 14.8 Å². The lowest BCUT2D eigenvalue weighted by Gasteiger charge is -2.33. The molecular weight excluding hydrogens is 418 g/mol. The number of nitrogens with zero attached hydrogens (tertiary/aromatic N) is 2. The van der Waals surface area contributed by atoms with E-state index in [2.05, 4.69) is 44.9 Å². The minimum Gasteiger partial charge on any atom is -0.376 e. The number of hydrogen-bond donors (Lipinski definition) is 1. The predicted octanol–water partition coefficient (Wildman–Crippen LogP) is 3.69. The molecule has 1 aromatic carbocycles. The highest BCUT2D eigenvalue weighted by Crippen LogP contribution is 2.35. The fraction of sp³-hybridized carbons (Fsp3) is 0.591. The molecule has 2 aliphatic rings. The number of rotatable bonds is 7. The monoisotopic (exact) mass is 449 g/mol. The molecule has 1 aliphatic carbocycles. The van der Waals surface area contributed by atoms with Gasteiger partial charge in [-0.3, -0.25) is 0 Å². The first-order valence-corrected chi connectivity index (χ1v) is 13.4. The van der Waals surface area contributed by atoms with Crippen molar-refractivity contribution in [3.63, 3.8) is 0 Å². The van der Waals surface area contributed by atoms with Crippen molar-refractivity contribution in [3.8, 4) is 0 Å². The topological polar surface area (TPSA) is 71.5 Å². The van der Waals surface area contributed by atoms with Crippen LogP contribution in [0.15, 0.2) is 36.5 Å². The van der Waals surface area contributed by atoms with Crippen molar-refractivity contribution >= 4 is 26.4 Å². The van der Waals surface area contributed by atoms with Gasteiger partial charge >= 0.3 is 0 Å². The van der Waals surface area contributed by atoms with Crippen molar-refractivity contribution in [1.82, 2.24) is 9.71 Å². The predicted molar refractivity (Wildman–Crippen MR) is 122 cm³/mol. The summed E-state index contributed by atoms with van der Waals surface area (Å²) in [6.45, 7) is 3.33. The molecule has 0 radical (unpaired) electrons. The Balaban J connectivity index is 1.37. The van der Waals surface area contributed by atoms with Gasteiger partial charge in [-0.2, -0.15) is 0 Å². The molecule has 1 saturated heterocycles. The van der Waals surface area contributed by atoms with Gasteiger partial charge in [0.05, 0.1) is 36.2 Å². The number of nitrogens with one attached hydrogen (secondary N) is 1. The molecule has 2 fully saturated rings. The fourth-order valence-corrected chi connectivity index (χ4v) is 6.43. The molecule has 2 heterocycles. The van der Waals surface area contributed by atoms with Crippen molar-refractivity contribution in [2.75, 3.05) is 24.3 Å². The van der Waals surface area contributed by atoms with Gasteiger partial charge in [-0.15, -0.1) is 11.3 Å². The van der Waals surface area contributed by atoms with Gasteiger partial charge in [-0.1, -0.05) is 30.3 Å². The maximum absolute atomic E-state index is 11.9. The summed E-state index contributed by atoms with van der Waals surface area (Å²) in [6, 6.07) is 10.6. The van der Waals surface area contributed by atoms with Crippen LogP contribution in [0.2, 0.25) is 0 Å². The average Bonchev–Trinajstić information content (AvgIpc) is 3.32. The number of thiazole rings is 1. The first kappa shape index (κ1) is 21.7. The number of benzene rings is 1. The van der Waals surface area contributed by atoms with Crippen LogP contribution in [0.25, 0.3) is 0 Å². The van der Waals surface area contributed by atoms with Gasteiger partial charge in [0.1, 0.15) is 5.00 Å². The zero-order valence-corrected chi connectivity index (χ0v) is 19.3. The molecule has 8 heteroatoms. The van der Waals surface area contributed by atoms with E-state index < -0.39 is 10.0 Å². The smallest absolute Gasteiger partial charge is 0.209 e. The van der Waals surface area contributed by atoms with Crippen molar-refractivity contribution in [2.45, 2.75) is 63.1 Å². The largest absolute Gasteiger partial charge is 0.376 e. The summed E-state index contributed by atoms with van der Waals surface area (Å²) in [5, 5.41) is 2.11. The number of aromatic nitrogens is 1. The van der Waals surface area contributed by atoms with E-state index in [1.165, 1.54) is 11.8 Å². The van der Waals surface area contributed by atoms with Gasteiger partial charge < -0.3 is 9.64 Å². The summed E-state index contributed by atoms with van der Waals surface area (Å²) in [4.78, 5) is 6.65. The second kappa shape index (κ2) is 9.34. The average molecular weight is 450 g/mol. The van der Waals surface area contributed by atoms with Crippen LogP contribution in [0.3, 0.4) is 0 Å². The van der Waals surface area contributed by atoms with Crippen molar-refractivity contribution in [2.24, 2.45) is 0 Å². The van der Waals surface area contributed by atoms with Gasteiger partial charge in [0.2, 0.25) is 10.0 Å². The molecule has 164 valence electrons. The quantitative estimate of drug-likeness (QED) is 0.698. The Morgan fingerprint density at radius 1 is 1.17 bits per heavy atom. The SMILES string of the molecule is Cc1ncc(N2CC[C@H](NS(C)(=O)=O)[C@@H]2CO[C@H]2CC[C@@H](c3ccccc3)CC2)s1. The van der Waals surface area contributed by atoms with Crippen LogP contribution in [0.4, 0.5) is 5.00 Å². The minimum atomic E-state index is -3.27. The highest BCUT2D eigenvalue weighted by atomic mass is 32.2. The molecule has 30 heavy (non-hydrogen) atoms. The van der Waals surface area contributed by atoms with E-state index in [-0.39, 0.29) is 18.2 Å². The maximum atomic E-state index is 11.9. The Morgan fingerprint density at radius 3 is 2.53 bits per heavy atom. The molecule has 0 bridgehead atoms. The van der Waals surface area contributed by atoms with Gasteiger partial charge in [0.25, 0.3) is 0 Å². The zero-order chi connectivity index (χ0) is 21.1. The molecule has 6 nitrogen and oxygen atoms in total. The Labute approximate surface area is 183 Å². The van der Waals surface area contributed by atoms with E-state index in [0.29, 0.717) is 12.5 Å². The van der Waals surface area contributed by atoms with Gasteiger partial charge in [0.15, 0.2) is 0 Å². The van der Waals surface area contributed by atoms with Crippen LogP contribution in [-0.4, -0.2) is 51.0 Å². The van der Waals surface area contributed by atoms with E-state index in [9.17, 15) is 8.42 Å². The maximum Gasteiger partial charge on any atom is 0.209 e. The summed E-state index contributed by atoms with van der Waals surface area (Å²) in [5.41, 5.74) is 1.43. The van der Waals surface area contributed by atoms with Crippen molar-refractivity contribution in [1.29, 1.82) is 0 Å². The number of aryl methyl sites for hydroxylation is 1. The first-order chi connectivity index (χ1) is 14.4. The zero-order valence-electron chi connectivity index (χ0n) is 17.7. The summed E-state index contributed by atoms with van der Waals surface area (Å²) in [7, 11) is -3.27. The highest BCUT2D eigenvalue weighted by Gasteiger charge is 2.37. The third-order valence-electron chi connectivity index (χ3n) is 6.25. The van der Waals surface area contributed by atoms with E-state index in [1.54, 1.807) is 11.3 Å². The molecule has 1 aliphatic heterocycles. The van der Waals surface area contributed by atoms with Crippen LogP contribution in [0.1, 0.15) is 48.6 Å². The summed E-state index contributed by atoms with van der Waals surface area (Å²) in [6.07, 6.45) is 8.53. The Hall–Kier alpha value is -1.48. The molecule has 0 amide bonds. The third kappa shape index (κ3) is 5.41. The van der Waals surface area contributed by atoms with Crippen LogP contribution < -0.4 is 9.62 Å². The number of sulfonamides is 1. The van der Waals surface area contributed by atoms with Crippen molar-refractivity contribution in [3.05, 3.63) is 47.1 Å². The van der Waals surface area contributed by atoms with E-state index >= 15 is 0 Å². The normalized spacial score (nSPS) is 27.5. The Morgan fingerprint density at radius 2 is 1.90 bits per heavy atom. The fourth-order valence-electron chi connectivity index (χ4n) is 4.75. The van der Waals surface area contributed by atoms with Crippen LogP contribution in [0, 0.1) is 6.92 Å². The Kier molecular flexibility index (Phi) is 6.77. The molecule has 2 atom stereocenters. The second-order valence-corrected chi connectivity index (χ2v) is 11.5. The lowest BCUT2D eigenvalue weighted by Crippen LogP contribution is -2.47. The van der Waals surface area contributed by atoms with Gasteiger partial charge in [-0.05, 0) is 50.5 Å². The van der Waals surface area contributed by atoms with Crippen molar-refractivity contribution < 1.29 is 13.2 Å². The molecular formula is C22H31N3O3S2. The molecule has 1 N–H and O–H groups in total. The highest BCUT2D eigenvalue weighted by molar-refractivity contribution is 7.88. The molecule has 1 aromatic heterocycles. The van der Waals surface area contributed by atoms with Crippen LogP contribution >= 0.6 is 11.3 Å². The third-order valence-corrected chi connectivity index (χ3v) is 7.93. The number of ether oxygens (including phenoxy) is 1. The summed E-state index contributed by atoms with van der Waals surface area (Å²) >= 11 is 1.65. The van der Waals surface area contributed by atoms with Gasteiger partial charge in [0, 0.05) is 12.6 Å². The summed E-state index contributed by atoms with van der Waals surface area (Å²) < 4.78 is 32.9. The van der Waals surface area contributed by atoms with Crippen LogP contribution in [0.5, 0.6) is 0 Å². The molecule has 4 rings (SSSR count). The lowest BCUT2D eigenvalue weighted by molar-refractivity contribution is 0.0157. The Bertz CT molecular complexity index is 924. The molecule has 0 spiro atoms. The number of hydrogen-bond acceptors (Lipinski definition) is 6. The number of anilines is 1.